The van der Waals surface area contributed by atoms with E-state index in [2.05, 4.69) is 5.32 Å². The maximum absolute atomic E-state index is 14.1. The lowest BCUT2D eigenvalue weighted by atomic mass is 9.97. The Morgan fingerprint density at radius 1 is 1.09 bits per heavy atom. The maximum atomic E-state index is 14.1. The van der Waals surface area contributed by atoms with Crippen molar-refractivity contribution in [2.24, 2.45) is 0 Å². The van der Waals surface area contributed by atoms with Gasteiger partial charge in [-0.1, -0.05) is 19.8 Å². The number of halogens is 5. The minimum atomic E-state index is -1.33. The Bertz CT molecular complexity index is 467. The van der Waals surface area contributed by atoms with Crippen LogP contribution in [-0.2, 0) is 0 Å². The van der Waals surface area contributed by atoms with E-state index in [0.717, 1.165) is 12.8 Å². The summed E-state index contributed by atoms with van der Waals surface area (Å²) in [5.41, 5.74) is -0.470. The summed E-state index contributed by atoms with van der Waals surface area (Å²) in [6.07, 6.45) is 2.07. The molecule has 0 saturated carbocycles. The molecule has 1 fully saturated rings. The van der Waals surface area contributed by atoms with Gasteiger partial charge in [-0.05, 0) is 6.42 Å². The van der Waals surface area contributed by atoms with Crippen LogP contribution in [0.15, 0.2) is 6.07 Å². The molecule has 0 aliphatic carbocycles. The molecule has 2 nitrogen and oxygen atoms in total. The van der Waals surface area contributed by atoms with Gasteiger partial charge in [0.15, 0.2) is 23.3 Å². The van der Waals surface area contributed by atoms with E-state index in [0.29, 0.717) is 32.6 Å². The first-order chi connectivity index (χ1) is 10.1. The molecule has 0 bridgehead atoms. The predicted octanol–water partition coefficient (Wildman–Crippen LogP) is 3.80. The second-order valence-corrected chi connectivity index (χ2v) is 5.33. The van der Waals surface area contributed by atoms with Crippen LogP contribution in [0.4, 0.5) is 17.6 Å². The van der Waals surface area contributed by atoms with Crippen molar-refractivity contribution in [1.82, 2.24) is 10.2 Å². The largest absolute Gasteiger partial charge is 0.314 e. The van der Waals surface area contributed by atoms with Gasteiger partial charge in [-0.2, -0.15) is 0 Å². The molecule has 1 aromatic rings. The second-order valence-electron chi connectivity index (χ2n) is 5.33. The minimum absolute atomic E-state index is 0. The van der Waals surface area contributed by atoms with Crippen molar-refractivity contribution in [3.63, 3.8) is 0 Å². The fourth-order valence-electron chi connectivity index (χ4n) is 2.78. The van der Waals surface area contributed by atoms with E-state index in [-0.39, 0.29) is 18.5 Å². The maximum Gasteiger partial charge on any atom is 0.166 e. The first-order valence-corrected chi connectivity index (χ1v) is 7.34. The van der Waals surface area contributed by atoms with E-state index in [1.165, 1.54) is 0 Å². The van der Waals surface area contributed by atoms with Crippen molar-refractivity contribution in [1.29, 1.82) is 0 Å². The molecule has 2 rings (SSSR count). The van der Waals surface area contributed by atoms with E-state index in [1.54, 1.807) is 0 Å². The fraction of sp³-hybridized carbons (Fsp3) is 0.600. The molecule has 126 valence electrons. The van der Waals surface area contributed by atoms with Gasteiger partial charge in [0.25, 0.3) is 0 Å². The highest BCUT2D eigenvalue weighted by molar-refractivity contribution is 5.85. The average Bonchev–Trinajstić information content (AvgIpc) is 2.49. The molecule has 1 aliphatic heterocycles. The van der Waals surface area contributed by atoms with E-state index in [9.17, 15) is 17.6 Å². The van der Waals surface area contributed by atoms with E-state index >= 15 is 0 Å². The zero-order chi connectivity index (χ0) is 15.4. The highest BCUT2D eigenvalue weighted by Gasteiger charge is 2.30. The normalized spacial score (nSPS) is 17.1. The number of hydrogen-bond donors (Lipinski definition) is 1. The lowest BCUT2D eigenvalue weighted by Gasteiger charge is -2.35. The molecule has 7 heteroatoms. The molecular weight excluding hydrogens is 320 g/mol. The van der Waals surface area contributed by atoms with Crippen LogP contribution < -0.4 is 5.32 Å². The Kier molecular flexibility index (Phi) is 7.59. The van der Waals surface area contributed by atoms with Crippen LogP contribution in [0.3, 0.4) is 0 Å². The molecule has 1 heterocycles. The van der Waals surface area contributed by atoms with Crippen molar-refractivity contribution >= 4 is 12.4 Å². The third kappa shape index (κ3) is 4.12. The van der Waals surface area contributed by atoms with Gasteiger partial charge in [0, 0.05) is 43.9 Å². The number of nitrogens with one attached hydrogen (secondary N) is 1. The summed E-state index contributed by atoms with van der Waals surface area (Å²) in [4.78, 5) is 1.90. The van der Waals surface area contributed by atoms with Crippen molar-refractivity contribution in [2.75, 3.05) is 26.2 Å². The molecule has 0 amide bonds. The lowest BCUT2D eigenvalue weighted by molar-refractivity contribution is 0.154. The van der Waals surface area contributed by atoms with Crippen LogP contribution in [0.5, 0.6) is 0 Å². The Morgan fingerprint density at radius 2 is 1.64 bits per heavy atom. The molecule has 0 spiro atoms. The smallest absolute Gasteiger partial charge is 0.166 e. The van der Waals surface area contributed by atoms with Gasteiger partial charge in [0.05, 0.1) is 0 Å². The van der Waals surface area contributed by atoms with E-state index in [1.807, 2.05) is 11.8 Å². The Morgan fingerprint density at radius 3 is 2.14 bits per heavy atom. The number of unbranched alkanes of at least 4 members (excludes halogenated alkanes) is 1. The summed E-state index contributed by atoms with van der Waals surface area (Å²) >= 11 is 0. The quantitative estimate of drug-likeness (QED) is 0.648. The molecule has 1 aliphatic rings. The summed E-state index contributed by atoms with van der Waals surface area (Å²) in [6, 6.07) is -0.361. The summed E-state index contributed by atoms with van der Waals surface area (Å²) < 4.78 is 55.0. The van der Waals surface area contributed by atoms with Crippen LogP contribution >= 0.6 is 12.4 Å². The summed E-state index contributed by atoms with van der Waals surface area (Å²) in [5.74, 6) is -5.21. The molecular formula is C15H21ClF4N2. The highest BCUT2D eigenvalue weighted by Crippen LogP contribution is 2.33. The van der Waals surface area contributed by atoms with Crippen LogP contribution in [0.2, 0.25) is 0 Å². The molecule has 1 aromatic carbocycles. The summed E-state index contributed by atoms with van der Waals surface area (Å²) in [6.45, 7) is 4.57. The third-order valence-corrected chi connectivity index (χ3v) is 3.90. The van der Waals surface area contributed by atoms with Crippen LogP contribution in [-0.4, -0.2) is 31.1 Å². The SMILES string of the molecule is CCCC[C@H](c1c(F)c(F)cc(F)c1F)N1CCNCC1.Cl. The Labute approximate surface area is 134 Å². The zero-order valence-corrected chi connectivity index (χ0v) is 13.3. The number of piperazine rings is 1. The number of hydrogen-bond acceptors (Lipinski definition) is 2. The van der Waals surface area contributed by atoms with Gasteiger partial charge in [-0.3, -0.25) is 4.90 Å². The second kappa shape index (κ2) is 8.70. The van der Waals surface area contributed by atoms with Crippen LogP contribution in [0.25, 0.3) is 0 Å². The Hall–Kier alpha value is -0.850. The summed E-state index contributed by atoms with van der Waals surface area (Å²) in [7, 11) is 0. The first kappa shape index (κ1) is 19.2. The number of rotatable bonds is 5. The van der Waals surface area contributed by atoms with E-state index < -0.39 is 34.9 Å². The molecule has 0 aromatic heterocycles. The van der Waals surface area contributed by atoms with Gasteiger partial charge in [-0.25, -0.2) is 17.6 Å². The van der Waals surface area contributed by atoms with Crippen molar-refractivity contribution in [3.8, 4) is 0 Å². The predicted molar refractivity (Wildman–Crippen MR) is 80.2 cm³/mol. The topological polar surface area (TPSA) is 15.3 Å². The highest BCUT2D eigenvalue weighted by atomic mass is 35.5. The monoisotopic (exact) mass is 340 g/mol. The standard InChI is InChI=1S/C15H20F4N2.ClH/c1-2-3-4-12(21-7-5-20-6-8-21)13-14(18)10(16)9-11(17)15(13)19;/h9,12,20H,2-8H2,1H3;1H/t12-;/m1./s1. The average molecular weight is 341 g/mol. The summed E-state index contributed by atoms with van der Waals surface area (Å²) in [5, 5.41) is 3.15. The lowest BCUT2D eigenvalue weighted by Crippen LogP contribution is -2.45. The van der Waals surface area contributed by atoms with Gasteiger partial charge in [0.2, 0.25) is 0 Å². The van der Waals surface area contributed by atoms with Crippen molar-refractivity contribution < 1.29 is 17.6 Å². The van der Waals surface area contributed by atoms with Crippen LogP contribution in [0, 0.1) is 23.3 Å². The van der Waals surface area contributed by atoms with Gasteiger partial charge in [0.1, 0.15) is 0 Å². The zero-order valence-electron chi connectivity index (χ0n) is 12.5. The van der Waals surface area contributed by atoms with E-state index in [4.69, 9.17) is 0 Å². The van der Waals surface area contributed by atoms with Crippen molar-refractivity contribution in [2.45, 2.75) is 32.2 Å². The number of nitrogens with zero attached hydrogens (tertiary/aromatic N) is 1. The number of benzene rings is 1. The molecule has 1 N–H and O–H groups in total. The third-order valence-electron chi connectivity index (χ3n) is 3.90. The Balaban J connectivity index is 0.00000242. The van der Waals surface area contributed by atoms with Crippen LogP contribution in [0.1, 0.15) is 37.8 Å². The molecule has 22 heavy (non-hydrogen) atoms. The molecule has 1 saturated heterocycles. The van der Waals surface area contributed by atoms with Gasteiger partial charge < -0.3 is 5.32 Å². The molecule has 0 radical (unpaired) electrons. The minimum Gasteiger partial charge on any atom is -0.314 e. The first-order valence-electron chi connectivity index (χ1n) is 7.34. The van der Waals surface area contributed by atoms with Gasteiger partial charge in [-0.15, -0.1) is 12.4 Å². The fourth-order valence-corrected chi connectivity index (χ4v) is 2.78. The molecule has 1 atom stereocenters. The molecule has 0 unspecified atom stereocenters. The van der Waals surface area contributed by atoms with Crippen molar-refractivity contribution in [3.05, 3.63) is 34.9 Å². The van der Waals surface area contributed by atoms with Gasteiger partial charge >= 0.3 is 0 Å².